The van der Waals surface area contributed by atoms with Gasteiger partial charge in [-0.3, -0.25) is 4.79 Å². The first-order valence-electron chi connectivity index (χ1n) is 5.19. The third kappa shape index (κ3) is 1.74. The van der Waals surface area contributed by atoms with Gasteiger partial charge in [-0.2, -0.15) is 0 Å². The first-order chi connectivity index (χ1) is 8.20. The zero-order valence-corrected chi connectivity index (χ0v) is 12.7. The van der Waals surface area contributed by atoms with Crippen molar-refractivity contribution >= 4 is 49.0 Å². The van der Waals surface area contributed by atoms with Crippen LogP contribution in [0.4, 0.5) is 0 Å². The SMILES string of the molecule is O=C1c2ccccc2[C@H](Br)[C@H](Br)c2sccc21. The van der Waals surface area contributed by atoms with E-state index >= 15 is 0 Å². The molecule has 0 saturated heterocycles. The van der Waals surface area contributed by atoms with Gasteiger partial charge in [-0.15, -0.1) is 11.3 Å². The van der Waals surface area contributed by atoms with Crippen LogP contribution in [0.1, 0.15) is 36.0 Å². The van der Waals surface area contributed by atoms with E-state index in [0.29, 0.717) is 0 Å². The summed E-state index contributed by atoms with van der Waals surface area (Å²) in [6, 6.07) is 9.71. The van der Waals surface area contributed by atoms with Crippen LogP contribution in [0.5, 0.6) is 0 Å². The summed E-state index contributed by atoms with van der Waals surface area (Å²) in [5.74, 6) is 0.128. The second kappa shape index (κ2) is 4.34. The number of alkyl halides is 2. The van der Waals surface area contributed by atoms with Gasteiger partial charge in [-0.05, 0) is 17.0 Å². The molecule has 86 valence electrons. The lowest BCUT2D eigenvalue weighted by Gasteiger charge is -2.15. The van der Waals surface area contributed by atoms with E-state index < -0.39 is 0 Å². The molecule has 4 heteroatoms. The number of thiophene rings is 1. The Morgan fingerprint density at radius 2 is 1.76 bits per heavy atom. The summed E-state index contributed by atoms with van der Waals surface area (Å²) in [5.41, 5.74) is 2.69. The van der Waals surface area contributed by atoms with Gasteiger partial charge in [0, 0.05) is 16.0 Å². The summed E-state index contributed by atoms with van der Waals surface area (Å²) in [7, 11) is 0. The first-order valence-corrected chi connectivity index (χ1v) is 7.90. The Morgan fingerprint density at radius 1 is 1.00 bits per heavy atom. The first kappa shape index (κ1) is 11.6. The van der Waals surface area contributed by atoms with Crippen molar-refractivity contribution in [2.24, 2.45) is 0 Å². The maximum atomic E-state index is 12.4. The average Bonchev–Trinajstić information content (AvgIpc) is 2.82. The fraction of sp³-hybridized carbons (Fsp3) is 0.154. The van der Waals surface area contributed by atoms with Gasteiger partial charge in [0.25, 0.3) is 0 Å². The van der Waals surface area contributed by atoms with E-state index in [1.54, 1.807) is 11.3 Å². The van der Waals surface area contributed by atoms with E-state index in [0.717, 1.165) is 21.6 Å². The van der Waals surface area contributed by atoms with Crippen molar-refractivity contribution < 1.29 is 4.79 Å². The summed E-state index contributed by atoms with van der Waals surface area (Å²) >= 11 is 9.01. The molecule has 0 bridgehead atoms. The number of halogens is 2. The third-order valence-corrected chi connectivity index (χ3v) is 6.97. The minimum atomic E-state index is 0.127. The predicted molar refractivity (Wildman–Crippen MR) is 77.5 cm³/mol. The van der Waals surface area contributed by atoms with E-state index in [-0.39, 0.29) is 15.4 Å². The molecular weight excluding hydrogens is 364 g/mol. The number of fused-ring (bicyclic) bond motifs is 2. The van der Waals surface area contributed by atoms with Crippen molar-refractivity contribution in [1.82, 2.24) is 0 Å². The number of ketones is 1. The van der Waals surface area contributed by atoms with Crippen molar-refractivity contribution in [2.75, 3.05) is 0 Å². The second-order valence-electron chi connectivity index (χ2n) is 3.92. The fourth-order valence-electron chi connectivity index (χ4n) is 2.10. The highest BCUT2D eigenvalue weighted by molar-refractivity contribution is 9.12. The monoisotopic (exact) mass is 370 g/mol. The van der Waals surface area contributed by atoms with Gasteiger partial charge in [-0.1, -0.05) is 56.1 Å². The fourth-order valence-corrected chi connectivity index (χ4v) is 4.70. The Hall–Kier alpha value is -0.450. The zero-order valence-electron chi connectivity index (χ0n) is 8.69. The minimum Gasteiger partial charge on any atom is -0.289 e. The van der Waals surface area contributed by atoms with Crippen LogP contribution < -0.4 is 0 Å². The molecule has 0 aliphatic heterocycles. The largest absolute Gasteiger partial charge is 0.289 e. The van der Waals surface area contributed by atoms with Crippen LogP contribution in [0.25, 0.3) is 0 Å². The molecule has 2 aromatic rings. The maximum Gasteiger partial charge on any atom is 0.194 e. The number of rotatable bonds is 0. The van der Waals surface area contributed by atoms with Crippen LogP contribution in [0.2, 0.25) is 0 Å². The molecule has 2 atom stereocenters. The Balaban J connectivity index is 2.30. The van der Waals surface area contributed by atoms with Gasteiger partial charge >= 0.3 is 0 Å². The molecule has 0 saturated carbocycles. The van der Waals surface area contributed by atoms with Gasteiger partial charge in [0.1, 0.15) is 0 Å². The van der Waals surface area contributed by atoms with Crippen LogP contribution in [0.3, 0.4) is 0 Å². The van der Waals surface area contributed by atoms with Gasteiger partial charge < -0.3 is 0 Å². The Labute approximate surface area is 120 Å². The van der Waals surface area contributed by atoms with Crippen LogP contribution in [0, 0.1) is 0 Å². The summed E-state index contributed by atoms with van der Waals surface area (Å²) < 4.78 is 0. The molecule has 0 fully saturated rings. The molecule has 1 heterocycles. The average molecular weight is 372 g/mol. The lowest BCUT2D eigenvalue weighted by molar-refractivity contribution is 0.103. The quantitative estimate of drug-likeness (QED) is 0.604. The number of carbonyl (C=O) groups is 1. The van der Waals surface area contributed by atoms with Gasteiger partial charge in [0.15, 0.2) is 5.78 Å². The van der Waals surface area contributed by atoms with Crippen molar-refractivity contribution in [3.05, 3.63) is 57.3 Å². The smallest absolute Gasteiger partial charge is 0.194 e. The van der Waals surface area contributed by atoms with Gasteiger partial charge in [0.2, 0.25) is 0 Å². The molecule has 0 spiro atoms. The van der Waals surface area contributed by atoms with Crippen molar-refractivity contribution in [2.45, 2.75) is 9.65 Å². The Morgan fingerprint density at radius 3 is 2.59 bits per heavy atom. The number of benzene rings is 1. The number of hydrogen-bond donors (Lipinski definition) is 0. The maximum absolute atomic E-state index is 12.4. The summed E-state index contributed by atoms with van der Waals surface area (Å²) in [4.78, 5) is 13.8. The van der Waals surface area contributed by atoms with Crippen LogP contribution >= 0.6 is 43.2 Å². The highest BCUT2D eigenvalue weighted by Crippen LogP contribution is 2.49. The number of carbonyl (C=O) groups excluding carboxylic acids is 1. The van der Waals surface area contributed by atoms with E-state index in [9.17, 15) is 4.79 Å². The highest BCUT2D eigenvalue weighted by atomic mass is 79.9. The molecule has 0 N–H and O–H groups in total. The molecule has 1 aromatic heterocycles. The second-order valence-corrected chi connectivity index (χ2v) is 6.84. The molecule has 3 rings (SSSR count). The molecule has 0 amide bonds. The normalized spacial score (nSPS) is 22.8. The lowest BCUT2D eigenvalue weighted by Crippen LogP contribution is -2.02. The van der Waals surface area contributed by atoms with Crippen LogP contribution in [0.15, 0.2) is 35.7 Å². The molecule has 1 aromatic carbocycles. The van der Waals surface area contributed by atoms with Crippen LogP contribution in [-0.2, 0) is 0 Å². The van der Waals surface area contributed by atoms with Crippen molar-refractivity contribution in [3.8, 4) is 0 Å². The standard InChI is InChI=1S/C13H8Br2OS/c14-10-7-3-1-2-4-8(7)12(16)9-5-6-17-13(9)11(10)15/h1-6,10-11H/t10-,11-/m0/s1. The molecule has 1 aliphatic carbocycles. The Bertz CT molecular complexity index is 591. The molecule has 17 heavy (non-hydrogen) atoms. The summed E-state index contributed by atoms with van der Waals surface area (Å²) in [6.07, 6.45) is 0. The minimum absolute atomic E-state index is 0.127. The highest BCUT2D eigenvalue weighted by Gasteiger charge is 2.32. The van der Waals surface area contributed by atoms with Crippen molar-refractivity contribution in [3.63, 3.8) is 0 Å². The van der Waals surface area contributed by atoms with Crippen LogP contribution in [-0.4, -0.2) is 5.78 Å². The third-order valence-electron chi connectivity index (χ3n) is 2.95. The van der Waals surface area contributed by atoms with E-state index in [1.807, 2.05) is 35.7 Å². The topological polar surface area (TPSA) is 17.1 Å². The summed E-state index contributed by atoms with van der Waals surface area (Å²) in [6.45, 7) is 0. The van der Waals surface area contributed by atoms with Gasteiger partial charge in [0.05, 0.1) is 9.65 Å². The molecule has 1 nitrogen and oxygen atoms in total. The van der Waals surface area contributed by atoms with E-state index in [1.165, 1.54) is 0 Å². The Kier molecular flexibility index (Phi) is 2.97. The zero-order chi connectivity index (χ0) is 12.0. The molecule has 0 unspecified atom stereocenters. The van der Waals surface area contributed by atoms with Crippen molar-refractivity contribution in [1.29, 1.82) is 0 Å². The van der Waals surface area contributed by atoms with E-state index in [4.69, 9.17) is 0 Å². The van der Waals surface area contributed by atoms with Gasteiger partial charge in [-0.25, -0.2) is 0 Å². The molecule has 1 aliphatic rings. The summed E-state index contributed by atoms with van der Waals surface area (Å²) in [5, 5.41) is 1.98. The predicted octanol–water partition coefficient (Wildman–Crippen LogP) is 4.86. The molecule has 0 radical (unpaired) electrons. The molecular formula is C13H8Br2OS. The lowest BCUT2D eigenvalue weighted by atomic mass is 10.0. The number of hydrogen-bond acceptors (Lipinski definition) is 2. The van der Waals surface area contributed by atoms with E-state index in [2.05, 4.69) is 31.9 Å².